The second-order valence-corrected chi connectivity index (χ2v) is 3.46. The van der Waals surface area contributed by atoms with Gasteiger partial charge in [0, 0.05) is 11.6 Å². The smallest absolute Gasteiger partial charge is 0.310 e. The first kappa shape index (κ1) is 14.0. The van der Waals surface area contributed by atoms with Crippen molar-refractivity contribution in [2.45, 2.75) is 20.3 Å². The van der Waals surface area contributed by atoms with Crippen LogP contribution < -0.4 is 4.74 Å². The first-order valence-corrected chi connectivity index (χ1v) is 5.64. The summed E-state index contributed by atoms with van der Waals surface area (Å²) in [6, 6.07) is 4.34. The number of nitro groups is 1. The van der Waals surface area contributed by atoms with Crippen LogP contribution in [0.4, 0.5) is 5.69 Å². The monoisotopic (exact) mass is 253 g/mol. The number of carbonyl (C=O) groups is 1. The van der Waals surface area contributed by atoms with E-state index in [0.29, 0.717) is 17.9 Å². The van der Waals surface area contributed by atoms with Crippen LogP contribution in [0.2, 0.25) is 0 Å². The predicted molar refractivity (Wildman–Crippen MR) is 64.6 cm³/mol. The van der Waals surface area contributed by atoms with Crippen LogP contribution >= 0.6 is 0 Å². The molecule has 0 unspecified atom stereocenters. The van der Waals surface area contributed by atoms with E-state index < -0.39 is 10.9 Å². The minimum Gasteiger partial charge on any atom is -0.494 e. The molecule has 0 amide bonds. The van der Waals surface area contributed by atoms with Crippen molar-refractivity contribution in [1.29, 1.82) is 0 Å². The molecule has 0 atom stereocenters. The van der Waals surface area contributed by atoms with E-state index in [1.165, 1.54) is 18.2 Å². The van der Waals surface area contributed by atoms with E-state index in [4.69, 9.17) is 9.47 Å². The summed E-state index contributed by atoms with van der Waals surface area (Å²) < 4.78 is 10.0. The Labute approximate surface area is 105 Å². The summed E-state index contributed by atoms with van der Waals surface area (Å²) in [5.74, 6) is 0.0108. The van der Waals surface area contributed by atoms with Gasteiger partial charge in [-0.05, 0) is 26.0 Å². The number of nitrogens with zero attached hydrogens (tertiary/aromatic N) is 1. The lowest BCUT2D eigenvalue weighted by Gasteiger charge is -2.07. The molecule has 0 spiro atoms. The Morgan fingerprint density at radius 2 is 2.06 bits per heavy atom. The summed E-state index contributed by atoms with van der Waals surface area (Å²) in [6.45, 7) is 4.20. The summed E-state index contributed by atoms with van der Waals surface area (Å²) in [7, 11) is 0. The molecule has 1 rings (SSSR count). The van der Waals surface area contributed by atoms with Gasteiger partial charge in [-0.1, -0.05) is 0 Å². The minimum atomic E-state index is -0.524. The van der Waals surface area contributed by atoms with Crippen LogP contribution in [0.15, 0.2) is 18.2 Å². The van der Waals surface area contributed by atoms with Crippen LogP contribution in [0.25, 0.3) is 0 Å². The van der Waals surface area contributed by atoms with E-state index in [2.05, 4.69) is 0 Å². The zero-order chi connectivity index (χ0) is 13.5. The molecular weight excluding hydrogens is 238 g/mol. The second-order valence-electron chi connectivity index (χ2n) is 3.46. The molecule has 18 heavy (non-hydrogen) atoms. The first-order chi connectivity index (χ1) is 8.58. The molecule has 1 aromatic rings. The predicted octanol–water partition coefficient (Wildman–Crippen LogP) is 2.10. The highest BCUT2D eigenvalue weighted by Crippen LogP contribution is 2.24. The molecule has 0 saturated carbocycles. The molecule has 6 heteroatoms. The first-order valence-electron chi connectivity index (χ1n) is 5.64. The highest BCUT2D eigenvalue weighted by Gasteiger charge is 2.18. The number of rotatable bonds is 6. The third kappa shape index (κ3) is 3.73. The summed E-state index contributed by atoms with van der Waals surface area (Å²) >= 11 is 0. The van der Waals surface area contributed by atoms with E-state index in [0.717, 1.165) is 0 Å². The average Bonchev–Trinajstić information content (AvgIpc) is 2.29. The van der Waals surface area contributed by atoms with Crippen molar-refractivity contribution in [3.05, 3.63) is 33.9 Å². The highest BCUT2D eigenvalue weighted by molar-refractivity contribution is 5.74. The number of carbonyl (C=O) groups excluding carboxylic acids is 1. The van der Waals surface area contributed by atoms with Crippen LogP contribution in [-0.2, 0) is 16.0 Å². The van der Waals surface area contributed by atoms with Gasteiger partial charge in [0.1, 0.15) is 5.75 Å². The molecule has 0 fully saturated rings. The largest absolute Gasteiger partial charge is 0.494 e. The Balaban J connectivity index is 2.99. The van der Waals surface area contributed by atoms with Gasteiger partial charge in [-0.2, -0.15) is 0 Å². The highest BCUT2D eigenvalue weighted by atomic mass is 16.6. The Bertz CT molecular complexity index is 444. The Morgan fingerprint density at radius 1 is 1.33 bits per heavy atom. The summed E-state index contributed by atoms with van der Waals surface area (Å²) in [4.78, 5) is 21.7. The molecule has 6 nitrogen and oxygen atoms in total. The SMILES string of the molecule is CCOC(=O)Cc1cc(OCC)ccc1[N+](=O)[O-]. The molecule has 98 valence electrons. The maximum atomic E-state index is 11.4. The molecular formula is C12H15NO5. The topological polar surface area (TPSA) is 78.7 Å². The molecule has 0 N–H and O–H groups in total. The number of hydrogen-bond acceptors (Lipinski definition) is 5. The Hall–Kier alpha value is -2.11. The van der Waals surface area contributed by atoms with E-state index in [-0.39, 0.29) is 18.7 Å². The maximum Gasteiger partial charge on any atom is 0.310 e. The zero-order valence-electron chi connectivity index (χ0n) is 10.3. The van der Waals surface area contributed by atoms with Crippen LogP contribution in [0.5, 0.6) is 5.75 Å². The number of nitro benzene ring substituents is 1. The second kappa shape index (κ2) is 6.58. The van der Waals surface area contributed by atoms with Gasteiger partial charge in [-0.3, -0.25) is 14.9 Å². The van der Waals surface area contributed by atoms with Gasteiger partial charge < -0.3 is 9.47 Å². The third-order valence-corrected chi connectivity index (χ3v) is 2.20. The maximum absolute atomic E-state index is 11.4. The molecule has 0 aliphatic carbocycles. The third-order valence-electron chi connectivity index (χ3n) is 2.20. The van der Waals surface area contributed by atoms with Crippen molar-refractivity contribution in [3.8, 4) is 5.75 Å². The van der Waals surface area contributed by atoms with Crippen molar-refractivity contribution < 1.29 is 19.2 Å². The van der Waals surface area contributed by atoms with Crippen molar-refractivity contribution in [1.82, 2.24) is 0 Å². The van der Waals surface area contributed by atoms with Gasteiger partial charge in [0.2, 0.25) is 0 Å². The minimum absolute atomic E-state index is 0.105. The van der Waals surface area contributed by atoms with Gasteiger partial charge in [0.25, 0.3) is 5.69 Å². The van der Waals surface area contributed by atoms with Crippen molar-refractivity contribution in [2.24, 2.45) is 0 Å². The number of esters is 1. The van der Waals surface area contributed by atoms with Gasteiger partial charge in [0.15, 0.2) is 0 Å². The molecule has 0 aliphatic rings. The van der Waals surface area contributed by atoms with E-state index in [9.17, 15) is 14.9 Å². The number of hydrogen-bond donors (Lipinski definition) is 0. The average molecular weight is 253 g/mol. The fourth-order valence-corrected chi connectivity index (χ4v) is 1.51. The number of ether oxygens (including phenoxy) is 2. The Kier molecular flexibility index (Phi) is 5.10. The van der Waals surface area contributed by atoms with Crippen molar-refractivity contribution in [2.75, 3.05) is 13.2 Å². The quantitative estimate of drug-likeness (QED) is 0.440. The van der Waals surface area contributed by atoms with Crippen molar-refractivity contribution in [3.63, 3.8) is 0 Å². The lowest BCUT2D eigenvalue weighted by atomic mass is 10.1. The van der Waals surface area contributed by atoms with Crippen LogP contribution in [0, 0.1) is 10.1 Å². The molecule has 0 heterocycles. The molecule has 0 bridgehead atoms. The molecule has 1 aromatic carbocycles. The summed E-state index contributed by atoms with van der Waals surface area (Å²) in [5, 5.41) is 10.8. The lowest BCUT2D eigenvalue weighted by Crippen LogP contribution is -2.09. The standard InChI is InChI=1S/C12H15NO5/c1-3-17-10-5-6-11(13(15)16)9(7-10)8-12(14)18-4-2/h5-7H,3-4,8H2,1-2H3. The molecule has 0 saturated heterocycles. The molecule has 0 aromatic heterocycles. The van der Waals surface area contributed by atoms with Gasteiger partial charge in [-0.15, -0.1) is 0 Å². The van der Waals surface area contributed by atoms with Crippen LogP contribution in [0.1, 0.15) is 19.4 Å². The Morgan fingerprint density at radius 3 is 2.61 bits per heavy atom. The van der Waals surface area contributed by atoms with Crippen LogP contribution in [-0.4, -0.2) is 24.1 Å². The van der Waals surface area contributed by atoms with Crippen molar-refractivity contribution >= 4 is 11.7 Å². The molecule has 0 aliphatic heterocycles. The van der Waals surface area contributed by atoms with E-state index >= 15 is 0 Å². The van der Waals surface area contributed by atoms with Crippen LogP contribution in [0.3, 0.4) is 0 Å². The lowest BCUT2D eigenvalue weighted by molar-refractivity contribution is -0.385. The van der Waals surface area contributed by atoms with E-state index in [1.54, 1.807) is 6.92 Å². The van der Waals surface area contributed by atoms with Gasteiger partial charge in [-0.25, -0.2) is 0 Å². The fourth-order valence-electron chi connectivity index (χ4n) is 1.51. The van der Waals surface area contributed by atoms with E-state index in [1.807, 2.05) is 6.92 Å². The fraction of sp³-hybridized carbons (Fsp3) is 0.417. The van der Waals surface area contributed by atoms with Gasteiger partial charge >= 0.3 is 5.97 Å². The number of benzene rings is 1. The normalized spacial score (nSPS) is 9.89. The van der Waals surface area contributed by atoms with Gasteiger partial charge in [0.05, 0.1) is 24.6 Å². The zero-order valence-corrected chi connectivity index (χ0v) is 10.3. The summed E-state index contributed by atoms with van der Waals surface area (Å²) in [6.07, 6.45) is -0.134. The summed E-state index contributed by atoms with van der Waals surface area (Å²) in [5.41, 5.74) is 0.191. The molecule has 0 radical (unpaired) electrons.